The molecule has 3 aromatic rings. The fourth-order valence-corrected chi connectivity index (χ4v) is 5.87. The van der Waals surface area contributed by atoms with Crippen LogP contribution >= 0.6 is 0 Å². The molecule has 2 aromatic heterocycles. The molecule has 176 valence electrons. The van der Waals surface area contributed by atoms with Gasteiger partial charge in [-0.1, -0.05) is 39.7 Å². The molecule has 0 amide bonds. The predicted octanol–water partition coefficient (Wildman–Crippen LogP) is 4.94. The molecule has 2 fully saturated rings. The van der Waals surface area contributed by atoms with Crippen molar-refractivity contribution in [1.29, 1.82) is 0 Å². The van der Waals surface area contributed by atoms with Crippen molar-refractivity contribution in [3.05, 3.63) is 46.4 Å². The Labute approximate surface area is 196 Å². The van der Waals surface area contributed by atoms with Gasteiger partial charge >= 0.3 is 5.69 Å². The molecule has 2 aliphatic rings. The number of hydrogen-bond acceptors (Lipinski definition) is 4. The molecule has 2 saturated heterocycles. The van der Waals surface area contributed by atoms with Crippen LogP contribution in [-0.2, 0) is 20.1 Å². The quantitative estimate of drug-likeness (QED) is 0.575. The second-order valence-electron chi connectivity index (χ2n) is 11.3. The molecule has 33 heavy (non-hydrogen) atoms. The van der Waals surface area contributed by atoms with Crippen LogP contribution in [-0.4, -0.2) is 31.1 Å². The number of benzene rings is 1. The summed E-state index contributed by atoms with van der Waals surface area (Å²) in [6.07, 6.45) is 8.06. The molecule has 5 rings (SSSR count). The third-order valence-corrected chi connectivity index (χ3v) is 7.46. The minimum absolute atomic E-state index is 0.00227. The molecule has 2 N–H and O–H groups in total. The van der Waals surface area contributed by atoms with Crippen molar-refractivity contribution in [2.24, 2.45) is 12.5 Å². The second kappa shape index (κ2) is 8.32. The first-order chi connectivity index (χ1) is 15.7. The highest BCUT2D eigenvalue weighted by atomic mass is 16.1. The zero-order valence-corrected chi connectivity index (χ0v) is 20.5. The van der Waals surface area contributed by atoms with Gasteiger partial charge in [0, 0.05) is 43.5 Å². The van der Waals surface area contributed by atoms with E-state index in [0.29, 0.717) is 12.2 Å². The van der Waals surface area contributed by atoms with Gasteiger partial charge in [-0.05, 0) is 60.9 Å². The van der Waals surface area contributed by atoms with Crippen LogP contribution in [0.1, 0.15) is 64.9 Å². The topological polar surface area (TPSA) is 69.1 Å². The largest absolute Gasteiger partial charge is 0.398 e. The molecule has 1 aromatic carbocycles. The Hall–Kier alpha value is -2.60. The molecule has 0 radical (unpaired) electrons. The minimum Gasteiger partial charge on any atom is -0.398 e. The van der Waals surface area contributed by atoms with Crippen LogP contribution in [0.3, 0.4) is 0 Å². The maximum Gasteiger partial charge on any atom is 0.330 e. The lowest BCUT2D eigenvalue weighted by Crippen LogP contribution is -2.48. The van der Waals surface area contributed by atoms with E-state index in [2.05, 4.69) is 37.8 Å². The van der Waals surface area contributed by atoms with Gasteiger partial charge in [-0.3, -0.25) is 14.0 Å². The summed E-state index contributed by atoms with van der Waals surface area (Å²) in [5, 5.41) is 0. The van der Waals surface area contributed by atoms with Crippen LogP contribution in [0.5, 0.6) is 0 Å². The van der Waals surface area contributed by atoms with Crippen molar-refractivity contribution in [3.63, 3.8) is 0 Å². The Morgan fingerprint density at radius 3 is 2.33 bits per heavy atom. The monoisotopic (exact) mass is 447 g/mol. The van der Waals surface area contributed by atoms with Gasteiger partial charge in [0.25, 0.3) is 0 Å². The third kappa shape index (κ3) is 4.21. The zero-order chi connectivity index (χ0) is 23.3. The molecule has 4 heterocycles. The number of anilines is 1. The fourth-order valence-electron chi connectivity index (χ4n) is 5.87. The summed E-state index contributed by atoms with van der Waals surface area (Å²) in [5.74, 6) is 0. The highest BCUT2D eigenvalue weighted by Gasteiger charge is 2.33. The van der Waals surface area contributed by atoms with Gasteiger partial charge < -0.3 is 5.73 Å². The van der Waals surface area contributed by atoms with Crippen LogP contribution in [0, 0.1) is 5.41 Å². The molecular weight excluding hydrogens is 410 g/mol. The zero-order valence-electron chi connectivity index (χ0n) is 20.5. The number of nitrogens with zero attached hydrogens (tertiary/aromatic N) is 4. The maximum absolute atomic E-state index is 12.9. The third-order valence-electron chi connectivity index (χ3n) is 7.46. The molecule has 0 spiro atoms. The van der Waals surface area contributed by atoms with Gasteiger partial charge in [0.05, 0.1) is 11.2 Å². The fraction of sp³-hybridized carbons (Fsp3) is 0.556. The van der Waals surface area contributed by atoms with E-state index in [1.54, 1.807) is 11.6 Å². The number of pyridine rings is 1. The van der Waals surface area contributed by atoms with Crippen molar-refractivity contribution < 1.29 is 0 Å². The van der Waals surface area contributed by atoms with Crippen LogP contribution in [0.25, 0.3) is 22.4 Å². The number of aryl methyl sites for hydroxylation is 1. The molecule has 0 saturated carbocycles. The van der Waals surface area contributed by atoms with Crippen molar-refractivity contribution in [2.45, 2.75) is 84.5 Å². The molecule has 0 aliphatic carbocycles. The summed E-state index contributed by atoms with van der Waals surface area (Å²) in [6, 6.07) is 11.9. The molecule has 2 aliphatic heterocycles. The first-order valence-corrected chi connectivity index (χ1v) is 12.4. The minimum atomic E-state index is -0.0251. The van der Waals surface area contributed by atoms with Gasteiger partial charge in [0.1, 0.15) is 0 Å². The number of imidazole rings is 1. The van der Waals surface area contributed by atoms with Gasteiger partial charge in [-0.25, -0.2) is 9.78 Å². The Bertz CT molecular complexity index is 1210. The molecule has 0 atom stereocenters. The van der Waals surface area contributed by atoms with E-state index in [-0.39, 0.29) is 11.1 Å². The summed E-state index contributed by atoms with van der Waals surface area (Å²) in [7, 11) is 1.80. The number of hydrogen-bond donors (Lipinski definition) is 1. The number of fused-ring (bicyclic) bond motifs is 3. The van der Waals surface area contributed by atoms with E-state index >= 15 is 0 Å². The number of nitrogen functional groups attached to an aromatic ring is 1. The summed E-state index contributed by atoms with van der Waals surface area (Å²) < 4.78 is 3.49. The van der Waals surface area contributed by atoms with Gasteiger partial charge in [-0.15, -0.1) is 0 Å². The van der Waals surface area contributed by atoms with E-state index in [9.17, 15) is 4.79 Å². The van der Waals surface area contributed by atoms with E-state index in [1.165, 1.54) is 44.1 Å². The SMILES string of the molecule is Cn1c(=O)n(CC(C)(C)C)c2ccc(-c3cc(CN4C5CCCC4CCC5)ccc3N)nc21. The van der Waals surface area contributed by atoms with Crippen molar-refractivity contribution in [3.8, 4) is 11.3 Å². The van der Waals surface area contributed by atoms with Crippen LogP contribution in [0.4, 0.5) is 5.69 Å². The molecule has 0 unspecified atom stereocenters. The van der Waals surface area contributed by atoms with Crippen LogP contribution < -0.4 is 11.4 Å². The van der Waals surface area contributed by atoms with Gasteiger partial charge in [0.2, 0.25) is 0 Å². The molecule has 6 heteroatoms. The average Bonchev–Trinajstić information content (AvgIpc) is 2.98. The highest BCUT2D eigenvalue weighted by Crippen LogP contribution is 2.36. The van der Waals surface area contributed by atoms with Gasteiger partial charge in [-0.2, -0.15) is 0 Å². The predicted molar refractivity (Wildman–Crippen MR) is 135 cm³/mol. The Morgan fingerprint density at radius 2 is 1.70 bits per heavy atom. The van der Waals surface area contributed by atoms with E-state index < -0.39 is 0 Å². The van der Waals surface area contributed by atoms with Gasteiger partial charge in [0.15, 0.2) is 5.65 Å². The van der Waals surface area contributed by atoms with E-state index in [0.717, 1.165) is 41.1 Å². The lowest BCUT2D eigenvalue weighted by molar-refractivity contribution is 0.0332. The number of piperidine rings is 2. The highest BCUT2D eigenvalue weighted by molar-refractivity contribution is 5.80. The maximum atomic E-state index is 12.9. The summed E-state index contributed by atoms with van der Waals surface area (Å²) in [6.45, 7) is 8.06. The van der Waals surface area contributed by atoms with Crippen molar-refractivity contribution in [2.75, 3.05) is 5.73 Å². The smallest absolute Gasteiger partial charge is 0.330 e. The molecule has 2 bridgehead atoms. The summed E-state index contributed by atoms with van der Waals surface area (Å²) in [5.41, 5.74) is 11.8. The lowest BCUT2D eigenvalue weighted by atomic mass is 9.84. The molecule has 6 nitrogen and oxygen atoms in total. The van der Waals surface area contributed by atoms with E-state index in [1.807, 2.05) is 22.8 Å². The van der Waals surface area contributed by atoms with Crippen molar-refractivity contribution in [1.82, 2.24) is 19.0 Å². The number of aromatic nitrogens is 3. The standard InChI is InChI=1S/C27H37N5O/c1-27(2,3)17-32-24-14-13-23(29-25(24)30(4)26(32)33)21-15-18(11-12-22(21)28)16-31-19-7-5-8-20(31)10-6-9-19/h11-15,19-20H,5-10,16-17,28H2,1-4H3. The Kier molecular flexibility index (Phi) is 5.60. The first kappa shape index (κ1) is 22.2. The normalized spacial score (nSPS) is 21.6. The van der Waals surface area contributed by atoms with Crippen molar-refractivity contribution >= 4 is 16.9 Å². The van der Waals surface area contributed by atoms with Crippen LogP contribution in [0.2, 0.25) is 0 Å². The lowest BCUT2D eigenvalue weighted by Gasteiger charge is -2.46. The number of rotatable bonds is 4. The first-order valence-electron chi connectivity index (χ1n) is 12.4. The van der Waals surface area contributed by atoms with Crippen LogP contribution in [0.15, 0.2) is 35.1 Å². The summed E-state index contributed by atoms with van der Waals surface area (Å²) >= 11 is 0. The Morgan fingerprint density at radius 1 is 1.03 bits per heavy atom. The second-order valence-corrected chi connectivity index (χ2v) is 11.3. The number of nitrogens with two attached hydrogens (primary N) is 1. The summed E-state index contributed by atoms with van der Waals surface area (Å²) in [4.78, 5) is 20.5. The average molecular weight is 448 g/mol. The Balaban J connectivity index is 1.50. The van der Waals surface area contributed by atoms with E-state index in [4.69, 9.17) is 10.7 Å². The molecular formula is C27H37N5O.